The smallest absolute Gasteiger partial charge is 0.404 e. The Hall–Kier alpha value is -4.21. The van der Waals surface area contributed by atoms with E-state index >= 15 is 0 Å². The van der Waals surface area contributed by atoms with Crippen molar-refractivity contribution in [3.8, 4) is 17.2 Å². The van der Waals surface area contributed by atoms with Gasteiger partial charge in [-0.2, -0.15) is 9.67 Å². The van der Waals surface area contributed by atoms with Crippen LogP contribution in [0.3, 0.4) is 0 Å². The van der Waals surface area contributed by atoms with Gasteiger partial charge in [-0.3, -0.25) is 9.59 Å². The lowest BCUT2D eigenvalue weighted by atomic mass is 10.1. The normalized spacial score (nSPS) is 10.6. The summed E-state index contributed by atoms with van der Waals surface area (Å²) in [7, 11) is 4.34. The molecule has 0 atom stereocenters. The minimum Gasteiger partial charge on any atom is -0.493 e. The second kappa shape index (κ2) is 11.5. The van der Waals surface area contributed by atoms with Gasteiger partial charge in [-0.15, -0.1) is 0 Å². The zero-order chi connectivity index (χ0) is 26.4. The Balaban J connectivity index is 1.54. The van der Waals surface area contributed by atoms with E-state index < -0.39 is 16.7 Å². The number of nitrogens with zero attached hydrogens (tertiary/aromatic N) is 5. The first-order chi connectivity index (χ1) is 17.2. The Morgan fingerprint density at radius 1 is 1.11 bits per heavy atom. The lowest BCUT2D eigenvalue weighted by Gasteiger charge is -2.14. The number of nitro groups is 1. The minimum atomic E-state index is -0.653. The molecule has 2 heterocycles. The molecule has 0 aliphatic heterocycles. The summed E-state index contributed by atoms with van der Waals surface area (Å²) in [6.45, 7) is 1.76. The molecule has 0 aliphatic rings. The molecule has 0 unspecified atom stereocenters. The number of hydrogen-bond donors (Lipinski definition) is 2. The van der Waals surface area contributed by atoms with Crippen molar-refractivity contribution in [1.29, 1.82) is 0 Å². The average molecular weight is 568 g/mol. The maximum Gasteiger partial charge on any atom is 0.404 e. The molecule has 36 heavy (non-hydrogen) atoms. The molecular weight excluding hydrogens is 546 g/mol. The lowest BCUT2D eigenvalue weighted by molar-refractivity contribution is -0.390. The fourth-order valence-corrected chi connectivity index (χ4v) is 3.49. The molecule has 3 rings (SSSR count). The summed E-state index contributed by atoms with van der Waals surface area (Å²) < 4.78 is 22.2. The number of rotatable bonds is 11. The van der Waals surface area contributed by atoms with Crippen LogP contribution in [0.1, 0.15) is 32.6 Å². The first-order valence-corrected chi connectivity index (χ1v) is 11.1. The van der Waals surface area contributed by atoms with E-state index in [1.54, 1.807) is 6.92 Å². The summed E-state index contributed by atoms with van der Waals surface area (Å²) in [6, 6.07) is 3.01. The van der Waals surface area contributed by atoms with Gasteiger partial charge in [0.2, 0.25) is 5.75 Å². The van der Waals surface area contributed by atoms with Gasteiger partial charge in [0.1, 0.15) is 11.0 Å². The molecule has 15 nitrogen and oxygen atoms in total. The molecule has 2 N–H and O–H groups in total. The van der Waals surface area contributed by atoms with Crippen molar-refractivity contribution >= 4 is 33.6 Å². The summed E-state index contributed by atoms with van der Waals surface area (Å²) in [5, 5.41) is 23.8. The Kier molecular flexibility index (Phi) is 8.42. The molecular formula is C20H22BrN7O8. The number of nitrogens with one attached hydrogen (secondary N) is 2. The molecule has 3 aromatic rings. The number of carbonyl (C=O) groups is 2. The van der Waals surface area contributed by atoms with Crippen LogP contribution in [0.4, 0.5) is 5.82 Å². The molecule has 0 aliphatic carbocycles. The van der Waals surface area contributed by atoms with Gasteiger partial charge in [0.25, 0.3) is 5.91 Å². The predicted molar refractivity (Wildman–Crippen MR) is 125 cm³/mol. The summed E-state index contributed by atoms with van der Waals surface area (Å²) in [5.41, 5.74) is 0.763. The van der Waals surface area contributed by atoms with E-state index in [9.17, 15) is 19.7 Å². The SMILES string of the molecule is COc1cc(C(=O)NCCNC(=O)c2nc(Cn3nc([N+](=O)[O-])c(Br)c3C)no2)cc(OC)c1OC. The second-order valence-electron chi connectivity index (χ2n) is 7.08. The van der Waals surface area contributed by atoms with E-state index in [0.29, 0.717) is 22.9 Å². The van der Waals surface area contributed by atoms with Crippen LogP contribution in [0.2, 0.25) is 0 Å². The molecule has 0 spiro atoms. The van der Waals surface area contributed by atoms with Crippen LogP contribution in [0, 0.1) is 17.0 Å². The Morgan fingerprint density at radius 3 is 2.25 bits per heavy atom. The highest BCUT2D eigenvalue weighted by molar-refractivity contribution is 9.10. The Morgan fingerprint density at radius 2 is 1.72 bits per heavy atom. The summed E-state index contributed by atoms with van der Waals surface area (Å²) in [5.74, 6) is -0.606. The molecule has 2 aromatic heterocycles. The molecule has 0 saturated carbocycles. The number of hydrogen-bond acceptors (Lipinski definition) is 11. The molecule has 1 aromatic carbocycles. The largest absolute Gasteiger partial charge is 0.493 e. The summed E-state index contributed by atoms with van der Waals surface area (Å²) in [6.07, 6.45) is 0. The third kappa shape index (κ3) is 5.70. The number of methoxy groups -OCH3 is 3. The average Bonchev–Trinajstić information content (AvgIpc) is 3.45. The molecule has 0 radical (unpaired) electrons. The minimum absolute atomic E-state index is 0.0418. The van der Waals surface area contributed by atoms with Crippen LogP contribution in [-0.4, -0.2) is 71.1 Å². The Labute approximate surface area is 212 Å². The van der Waals surface area contributed by atoms with Crippen molar-refractivity contribution in [2.75, 3.05) is 34.4 Å². The van der Waals surface area contributed by atoms with Crippen molar-refractivity contribution in [2.45, 2.75) is 13.5 Å². The standard InChI is InChI=1S/C20H22BrN7O8/c1-10-15(21)17(28(31)32)25-27(10)9-14-24-20(36-26-14)19(30)23-6-5-22-18(29)11-7-12(33-2)16(35-4)13(8-11)34-3/h7-8H,5-6,9H2,1-4H3,(H,22,29)(H,23,30). The van der Waals surface area contributed by atoms with Gasteiger partial charge in [0.05, 0.1) is 32.1 Å². The van der Waals surface area contributed by atoms with E-state index in [0.717, 1.165) is 0 Å². The van der Waals surface area contributed by atoms with Gasteiger partial charge < -0.3 is 39.5 Å². The van der Waals surface area contributed by atoms with Crippen molar-refractivity contribution in [2.24, 2.45) is 0 Å². The molecule has 192 valence electrons. The van der Waals surface area contributed by atoms with Gasteiger partial charge in [-0.25, -0.2) is 0 Å². The summed E-state index contributed by atoms with van der Waals surface area (Å²) >= 11 is 3.12. The molecule has 2 amide bonds. The zero-order valence-corrected chi connectivity index (χ0v) is 21.2. The van der Waals surface area contributed by atoms with Crippen LogP contribution in [0.15, 0.2) is 21.1 Å². The van der Waals surface area contributed by atoms with E-state index in [1.165, 1.54) is 38.1 Å². The molecule has 0 fully saturated rings. The number of halogens is 1. The Bertz CT molecular complexity index is 1260. The third-order valence-corrected chi connectivity index (χ3v) is 5.79. The van der Waals surface area contributed by atoms with Gasteiger partial charge in [0.15, 0.2) is 17.3 Å². The fourth-order valence-electron chi connectivity index (χ4n) is 3.07. The van der Waals surface area contributed by atoms with Crippen LogP contribution in [-0.2, 0) is 6.54 Å². The quantitative estimate of drug-likeness (QED) is 0.194. The van der Waals surface area contributed by atoms with Crippen molar-refractivity contribution in [1.82, 2.24) is 30.6 Å². The van der Waals surface area contributed by atoms with Crippen LogP contribution >= 0.6 is 15.9 Å². The number of amides is 2. The summed E-state index contributed by atoms with van der Waals surface area (Å²) in [4.78, 5) is 39.2. The van der Waals surface area contributed by atoms with Crippen molar-refractivity contribution in [3.05, 3.63) is 49.7 Å². The highest BCUT2D eigenvalue weighted by atomic mass is 79.9. The van der Waals surface area contributed by atoms with E-state index in [1.807, 2.05) is 0 Å². The van der Waals surface area contributed by atoms with Crippen LogP contribution < -0.4 is 24.8 Å². The van der Waals surface area contributed by atoms with Gasteiger partial charge in [-0.1, -0.05) is 5.16 Å². The second-order valence-corrected chi connectivity index (χ2v) is 7.87. The number of carbonyl (C=O) groups excluding carboxylic acids is 2. The molecule has 0 bridgehead atoms. The lowest BCUT2D eigenvalue weighted by Crippen LogP contribution is -2.34. The highest BCUT2D eigenvalue weighted by Crippen LogP contribution is 2.38. The number of benzene rings is 1. The fraction of sp³-hybridized carbons (Fsp3) is 0.350. The maximum absolute atomic E-state index is 12.5. The topological polar surface area (TPSA) is 186 Å². The molecule has 0 saturated heterocycles. The van der Waals surface area contributed by atoms with Crippen molar-refractivity contribution in [3.63, 3.8) is 0 Å². The van der Waals surface area contributed by atoms with Gasteiger partial charge in [0, 0.05) is 18.7 Å². The predicted octanol–water partition coefficient (Wildman–Crippen LogP) is 1.48. The first kappa shape index (κ1) is 26.4. The van der Waals surface area contributed by atoms with E-state index in [-0.39, 0.29) is 47.2 Å². The zero-order valence-electron chi connectivity index (χ0n) is 19.7. The van der Waals surface area contributed by atoms with Crippen LogP contribution in [0.5, 0.6) is 17.2 Å². The maximum atomic E-state index is 12.5. The van der Waals surface area contributed by atoms with Crippen LogP contribution in [0.25, 0.3) is 0 Å². The van der Waals surface area contributed by atoms with Gasteiger partial charge >= 0.3 is 17.6 Å². The monoisotopic (exact) mass is 567 g/mol. The van der Waals surface area contributed by atoms with Gasteiger partial charge in [-0.05, 0) is 39.9 Å². The molecule has 16 heteroatoms. The van der Waals surface area contributed by atoms with E-state index in [2.05, 4.69) is 41.8 Å². The van der Waals surface area contributed by atoms with Crippen molar-refractivity contribution < 1.29 is 33.2 Å². The van der Waals surface area contributed by atoms with E-state index in [4.69, 9.17) is 18.7 Å². The number of aromatic nitrogens is 4. The number of ether oxygens (including phenoxy) is 3. The third-order valence-electron chi connectivity index (χ3n) is 4.87. The first-order valence-electron chi connectivity index (χ1n) is 10.3. The highest BCUT2D eigenvalue weighted by Gasteiger charge is 2.25.